The lowest BCUT2D eigenvalue weighted by Gasteiger charge is -2.44. The lowest BCUT2D eigenvalue weighted by molar-refractivity contribution is -0.158. The quantitative estimate of drug-likeness (QED) is 0.728. The van der Waals surface area contributed by atoms with E-state index in [1.165, 1.54) is 0 Å². The molecule has 30 heavy (non-hydrogen) atoms. The fourth-order valence-electron chi connectivity index (χ4n) is 4.21. The van der Waals surface area contributed by atoms with Crippen LogP contribution in [0.4, 0.5) is 0 Å². The van der Waals surface area contributed by atoms with Gasteiger partial charge in [-0.05, 0) is 18.4 Å². The number of fused-ring (bicyclic) bond motifs is 1. The highest BCUT2D eigenvalue weighted by molar-refractivity contribution is 7.09. The van der Waals surface area contributed by atoms with Crippen LogP contribution in [-0.4, -0.2) is 65.0 Å². The Morgan fingerprint density at radius 1 is 1.27 bits per heavy atom. The monoisotopic (exact) mass is 431 g/mol. The van der Waals surface area contributed by atoms with Crippen molar-refractivity contribution < 1.29 is 19.4 Å². The van der Waals surface area contributed by atoms with Gasteiger partial charge in [0.25, 0.3) is 0 Å². The molecule has 7 nitrogen and oxygen atoms in total. The minimum Gasteiger partial charge on any atom is -0.389 e. The molecule has 0 aliphatic carbocycles. The van der Waals surface area contributed by atoms with Gasteiger partial charge in [-0.3, -0.25) is 9.69 Å². The second-order valence-corrected chi connectivity index (χ2v) is 8.93. The van der Waals surface area contributed by atoms with Gasteiger partial charge in [0.15, 0.2) is 0 Å². The van der Waals surface area contributed by atoms with Crippen molar-refractivity contribution in [2.45, 2.75) is 56.7 Å². The molecule has 4 rings (SSSR count). The Morgan fingerprint density at radius 2 is 2.13 bits per heavy atom. The number of amides is 1. The van der Waals surface area contributed by atoms with Crippen molar-refractivity contribution in [3.05, 3.63) is 52.5 Å². The summed E-state index contributed by atoms with van der Waals surface area (Å²) in [5.41, 5.74) is 1.08. The first-order valence-electron chi connectivity index (χ1n) is 10.5. The van der Waals surface area contributed by atoms with E-state index in [2.05, 4.69) is 15.2 Å². The number of nitrogens with zero attached hydrogens (tertiary/aromatic N) is 2. The molecular weight excluding hydrogens is 402 g/mol. The summed E-state index contributed by atoms with van der Waals surface area (Å²) in [6.45, 7) is 2.48. The maximum absolute atomic E-state index is 12.4. The second-order valence-electron chi connectivity index (χ2n) is 7.95. The van der Waals surface area contributed by atoms with Crippen molar-refractivity contribution >= 4 is 17.2 Å². The molecule has 162 valence electrons. The Kier molecular flexibility index (Phi) is 7.46. The van der Waals surface area contributed by atoms with Crippen molar-refractivity contribution in [1.82, 2.24) is 15.2 Å². The highest BCUT2D eigenvalue weighted by Crippen LogP contribution is 2.29. The number of ether oxygens (including phenoxy) is 2. The molecule has 2 saturated heterocycles. The number of thiazole rings is 1. The van der Waals surface area contributed by atoms with Crippen molar-refractivity contribution in [1.29, 1.82) is 0 Å². The average Bonchev–Trinajstić information content (AvgIpc) is 3.25. The number of carbonyl (C=O) groups is 1. The topological polar surface area (TPSA) is 83.9 Å². The summed E-state index contributed by atoms with van der Waals surface area (Å²) >= 11 is 1.62. The van der Waals surface area contributed by atoms with Gasteiger partial charge in [-0.25, -0.2) is 4.98 Å². The fourth-order valence-corrected chi connectivity index (χ4v) is 4.85. The number of aromatic nitrogens is 1. The third-order valence-corrected chi connectivity index (χ3v) is 6.42. The first kappa shape index (κ1) is 21.4. The van der Waals surface area contributed by atoms with E-state index in [1.807, 2.05) is 41.9 Å². The summed E-state index contributed by atoms with van der Waals surface area (Å²) in [7, 11) is 0. The number of nitrogens with one attached hydrogen (secondary N) is 1. The van der Waals surface area contributed by atoms with E-state index in [4.69, 9.17) is 9.47 Å². The molecule has 1 amide bonds. The van der Waals surface area contributed by atoms with Crippen LogP contribution in [0.1, 0.15) is 29.8 Å². The number of aliphatic hydroxyl groups is 1. The van der Waals surface area contributed by atoms with Crippen LogP contribution in [0, 0.1) is 0 Å². The number of carbonyl (C=O) groups excluding carboxylic acids is 1. The average molecular weight is 432 g/mol. The maximum Gasteiger partial charge on any atom is 0.222 e. The van der Waals surface area contributed by atoms with Gasteiger partial charge in [-0.15, -0.1) is 11.3 Å². The highest BCUT2D eigenvalue weighted by atomic mass is 32.1. The molecule has 4 atom stereocenters. The zero-order valence-electron chi connectivity index (χ0n) is 17.0. The standard InChI is InChI=1S/C22H29N3O4S/c26-17-12-25(13-22-23-8-9-30-22)19-7-6-18(29-20(19)15-28-14-17)10-21(27)24-11-16-4-2-1-3-5-16/h1-5,8-9,17-20,26H,6-7,10-15H2,(H,24,27)/t17-,18+,19-,20+/m1/s1. The van der Waals surface area contributed by atoms with E-state index in [1.54, 1.807) is 11.3 Å². The Labute approximate surface area is 181 Å². The summed E-state index contributed by atoms with van der Waals surface area (Å²) in [5, 5.41) is 16.2. The van der Waals surface area contributed by atoms with Crippen LogP contribution in [-0.2, 0) is 27.4 Å². The van der Waals surface area contributed by atoms with Gasteiger partial charge in [0, 0.05) is 30.7 Å². The zero-order chi connectivity index (χ0) is 20.8. The van der Waals surface area contributed by atoms with E-state index in [-0.39, 0.29) is 24.2 Å². The van der Waals surface area contributed by atoms with Gasteiger partial charge in [-0.2, -0.15) is 0 Å². The van der Waals surface area contributed by atoms with Crippen LogP contribution in [0.5, 0.6) is 0 Å². The molecule has 3 heterocycles. The van der Waals surface area contributed by atoms with Crippen LogP contribution in [0.15, 0.2) is 41.9 Å². The van der Waals surface area contributed by atoms with Crippen LogP contribution < -0.4 is 5.32 Å². The van der Waals surface area contributed by atoms with Gasteiger partial charge < -0.3 is 19.9 Å². The molecule has 0 radical (unpaired) electrons. The van der Waals surface area contributed by atoms with Crippen LogP contribution in [0.25, 0.3) is 0 Å². The highest BCUT2D eigenvalue weighted by Gasteiger charge is 2.38. The number of hydrogen-bond donors (Lipinski definition) is 2. The Morgan fingerprint density at radius 3 is 2.93 bits per heavy atom. The second kappa shape index (κ2) is 10.5. The van der Waals surface area contributed by atoms with Crippen molar-refractivity contribution in [3.8, 4) is 0 Å². The number of benzene rings is 1. The van der Waals surface area contributed by atoms with E-state index in [0.29, 0.717) is 39.3 Å². The van der Waals surface area contributed by atoms with Gasteiger partial charge in [0.1, 0.15) is 5.01 Å². The van der Waals surface area contributed by atoms with E-state index >= 15 is 0 Å². The molecule has 0 saturated carbocycles. The van der Waals surface area contributed by atoms with Crippen molar-refractivity contribution in [3.63, 3.8) is 0 Å². The molecular formula is C22H29N3O4S. The molecule has 2 aromatic rings. The predicted molar refractivity (Wildman–Crippen MR) is 114 cm³/mol. The van der Waals surface area contributed by atoms with E-state index in [0.717, 1.165) is 23.4 Å². The van der Waals surface area contributed by atoms with Crippen molar-refractivity contribution in [2.24, 2.45) is 0 Å². The normalized spacial score (nSPS) is 27.6. The Balaban J connectivity index is 1.33. The number of rotatable bonds is 6. The zero-order valence-corrected chi connectivity index (χ0v) is 17.8. The van der Waals surface area contributed by atoms with Gasteiger partial charge >= 0.3 is 0 Å². The summed E-state index contributed by atoms with van der Waals surface area (Å²) < 4.78 is 12.0. The molecule has 2 aliphatic rings. The third kappa shape index (κ3) is 5.86. The van der Waals surface area contributed by atoms with Gasteiger partial charge in [0.05, 0.1) is 44.5 Å². The smallest absolute Gasteiger partial charge is 0.222 e. The molecule has 1 aromatic heterocycles. The molecule has 0 unspecified atom stereocenters. The minimum atomic E-state index is -0.521. The lowest BCUT2D eigenvalue weighted by atomic mass is 9.94. The molecule has 2 aliphatic heterocycles. The number of hydrogen-bond acceptors (Lipinski definition) is 7. The molecule has 2 fully saturated rings. The third-order valence-electron chi connectivity index (χ3n) is 5.65. The molecule has 0 spiro atoms. The summed E-state index contributed by atoms with van der Waals surface area (Å²) in [6.07, 6.45) is 3.13. The molecule has 8 heteroatoms. The van der Waals surface area contributed by atoms with Crippen LogP contribution in [0.2, 0.25) is 0 Å². The van der Waals surface area contributed by atoms with Crippen LogP contribution in [0.3, 0.4) is 0 Å². The number of β-amino-alcohol motifs (C(OH)–C–C–N with tert-alkyl or cyclic N) is 1. The molecule has 0 bridgehead atoms. The lowest BCUT2D eigenvalue weighted by Crippen LogP contribution is -2.55. The largest absolute Gasteiger partial charge is 0.389 e. The van der Waals surface area contributed by atoms with E-state index in [9.17, 15) is 9.90 Å². The van der Waals surface area contributed by atoms with Gasteiger partial charge in [-0.1, -0.05) is 30.3 Å². The van der Waals surface area contributed by atoms with E-state index < -0.39 is 6.10 Å². The number of aliphatic hydroxyl groups excluding tert-OH is 1. The maximum atomic E-state index is 12.4. The summed E-state index contributed by atoms with van der Waals surface area (Å²) in [6, 6.07) is 10.0. The first-order chi connectivity index (χ1) is 14.7. The SMILES string of the molecule is O=C(C[C@@H]1CC[C@@H]2[C@H](COC[C@H](O)CN2Cc2nccs2)O1)NCc1ccccc1. The summed E-state index contributed by atoms with van der Waals surface area (Å²) in [4.78, 5) is 19.1. The fraction of sp³-hybridized carbons (Fsp3) is 0.545. The molecule has 1 aromatic carbocycles. The first-order valence-corrected chi connectivity index (χ1v) is 11.4. The Hall–Kier alpha value is -1.84. The van der Waals surface area contributed by atoms with Gasteiger partial charge in [0.2, 0.25) is 5.91 Å². The molecule has 2 N–H and O–H groups in total. The van der Waals surface area contributed by atoms with Crippen LogP contribution >= 0.6 is 11.3 Å². The minimum absolute atomic E-state index is 0.00382. The predicted octanol–water partition coefficient (Wildman–Crippen LogP) is 1.96. The Bertz CT molecular complexity index is 789. The summed E-state index contributed by atoms with van der Waals surface area (Å²) in [5.74, 6) is 0.00382. The van der Waals surface area contributed by atoms with Crippen molar-refractivity contribution in [2.75, 3.05) is 19.8 Å².